The molecule has 152 valence electrons. The number of nitrogens with one attached hydrogen (secondary N) is 1. The number of thiazole rings is 1. The van der Waals surface area contributed by atoms with Gasteiger partial charge in [0.15, 0.2) is 16.6 Å². The van der Waals surface area contributed by atoms with Crippen molar-refractivity contribution < 1.29 is 14.3 Å². The second kappa shape index (κ2) is 8.92. The number of pyridine rings is 1. The summed E-state index contributed by atoms with van der Waals surface area (Å²) in [6, 6.07) is 15.0. The topological polar surface area (TPSA) is 73.3 Å². The zero-order valence-electron chi connectivity index (χ0n) is 16.7. The summed E-state index contributed by atoms with van der Waals surface area (Å²) in [5.74, 6) is 0.854. The molecule has 7 heteroatoms. The fourth-order valence-electron chi connectivity index (χ4n) is 2.94. The molecule has 1 amide bonds. The Balaban J connectivity index is 1.51. The Morgan fingerprint density at radius 3 is 2.80 bits per heavy atom. The monoisotopic (exact) mass is 419 g/mol. The number of anilines is 1. The molecule has 0 bridgehead atoms. The van der Waals surface area contributed by atoms with E-state index in [1.54, 1.807) is 30.6 Å². The first-order valence-electron chi connectivity index (χ1n) is 9.59. The van der Waals surface area contributed by atoms with E-state index >= 15 is 0 Å². The number of amides is 1. The molecular formula is C23H21N3O3S. The van der Waals surface area contributed by atoms with E-state index < -0.39 is 0 Å². The molecule has 6 nitrogen and oxygen atoms in total. The second-order valence-corrected chi connectivity index (χ2v) is 7.72. The van der Waals surface area contributed by atoms with Crippen LogP contribution in [0.2, 0.25) is 0 Å². The predicted molar refractivity (Wildman–Crippen MR) is 118 cm³/mol. The van der Waals surface area contributed by atoms with Gasteiger partial charge in [0.1, 0.15) is 6.61 Å². The van der Waals surface area contributed by atoms with E-state index in [-0.39, 0.29) is 5.91 Å². The van der Waals surface area contributed by atoms with Crippen LogP contribution < -0.4 is 14.8 Å². The van der Waals surface area contributed by atoms with Gasteiger partial charge in [0.25, 0.3) is 5.91 Å². The average Bonchev–Trinajstić information content (AvgIpc) is 3.15. The number of carbonyl (C=O) groups excluding carboxylic acids is 1. The summed E-state index contributed by atoms with van der Waals surface area (Å²) in [5.41, 5.74) is 3.46. The minimum Gasteiger partial charge on any atom is -0.490 e. The highest BCUT2D eigenvalue weighted by atomic mass is 32.1. The molecule has 30 heavy (non-hydrogen) atoms. The van der Waals surface area contributed by atoms with E-state index in [0.29, 0.717) is 35.4 Å². The van der Waals surface area contributed by atoms with Crippen molar-refractivity contribution in [1.29, 1.82) is 0 Å². The van der Waals surface area contributed by atoms with Crippen molar-refractivity contribution in [3.8, 4) is 11.5 Å². The number of benzene rings is 2. The van der Waals surface area contributed by atoms with Gasteiger partial charge in [-0.1, -0.05) is 23.5 Å². The lowest BCUT2D eigenvalue weighted by molar-refractivity contribution is 0.102. The molecule has 2 heterocycles. The average molecular weight is 420 g/mol. The first-order valence-corrected chi connectivity index (χ1v) is 10.4. The summed E-state index contributed by atoms with van der Waals surface area (Å²) < 4.78 is 12.6. The number of hydrogen-bond donors (Lipinski definition) is 1. The minimum atomic E-state index is -0.245. The number of rotatable bonds is 7. The quantitative estimate of drug-likeness (QED) is 0.444. The van der Waals surface area contributed by atoms with Gasteiger partial charge in [-0.05, 0) is 55.8 Å². The summed E-state index contributed by atoms with van der Waals surface area (Å²) in [4.78, 5) is 21.3. The molecule has 4 rings (SSSR count). The molecule has 0 aliphatic heterocycles. The van der Waals surface area contributed by atoms with Crippen LogP contribution in [-0.2, 0) is 6.61 Å². The number of carbonyl (C=O) groups is 1. The number of ether oxygens (including phenoxy) is 2. The number of hydrogen-bond acceptors (Lipinski definition) is 6. The zero-order valence-corrected chi connectivity index (χ0v) is 17.5. The predicted octanol–water partition coefficient (Wildman–Crippen LogP) is 5.23. The highest BCUT2D eigenvalue weighted by molar-refractivity contribution is 7.22. The van der Waals surface area contributed by atoms with Gasteiger partial charge in [-0.15, -0.1) is 0 Å². The van der Waals surface area contributed by atoms with Crippen molar-refractivity contribution in [2.24, 2.45) is 0 Å². The molecular weight excluding hydrogens is 398 g/mol. The molecule has 2 aromatic heterocycles. The Labute approximate surface area is 178 Å². The molecule has 4 aromatic rings. The Hall–Kier alpha value is -3.45. The van der Waals surface area contributed by atoms with Gasteiger partial charge in [0.2, 0.25) is 0 Å². The van der Waals surface area contributed by atoms with Crippen LogP contribution in [0.25, 0.3) is 10.2 Å². The number of aromatic nitrogens is 2. The third-order valence-corrected chi connectivity index (χ3v) is 5.32. The van der Waals surface area contributed by atoms with Gasteiger partial charge < -0.3 is 9.47 Å². The Morgan fingerprint density at radius 2 is 2.00 bits per heavy atom. The molecule has 0 radical (unpaired) electrons. The first-order chi connectivity index (χ1) is 14.6. The van der Waals surface area contributed by atoms with Crippen molar-refractivity contribution in [2.75, 3.05) is 11.9 Å². The minimum absolute atomic E-state index is 0.245. The lowest BCUT2D eigenvalue weighted by atomic mass is 10.2. The van der Waals surface area contributed by atoms with Gasteiger partial charge >= 0.3 is 0 Å². The van der Waals surface area contributed by atoms with Gasteiger partial charge in [0.05, 0.1) is 16.8 Å². The van der Waals surface area contributed by atoms with Crippen molar-refractivity contribution in [1.82, 2.24) is 9.97 Å². The maximum absolute atomic E-state index is 12.8. The van der Waals surface area contributed by atoms with Crippen LogP contribution in [0.5, 0.6) is 11.5 Å². The fourth-order valence-corrected chi connectivity index (χ4v) is 3.90. The number of fused-ring (bicyclic) bond motifs is 1. The normalized spacial score (nSPS) is 10.7. The summed E-state index contributed by atoms with van der Waals surface area (Å²) in [7, 11) is 0. The first kappa shape index (κ1) is 19.8. The van der Waals surface area contributed by atoms with Gasteiger partial charge in [0, 0.05) is 23.5 Å². The lowest BCUT2D eigenvalue weighted by Crippen LogP contribution is -2.12. The van der Waals surface area contributed by atoms with Crippen LogP contribution in [0.1, 0.15) is 28.4 Å². The van der Waals surface area contributed by atoms with Crippen LogP contribution in [0.3, 0.4) is 0 Å². The molecule has 0 spiro atoms. The molecule has 0 aliphatic rings. The van der Waals surface area contributed by atoms with E-state index in [9.17, 15) is 4.79 Å². The molecule has 0 saturated heterocycles. The molecule has 1 N–H and O–H groups in total. The van der Waals surface area contributed by atoms with Crippen LogP contribution in [0.15, 0.2) is 60.9 Å². The molecule has 0 atom stereocenters. The van der Waals surface area contributed by atoms with E-state index in [0.717, 1.165) is 21.3 Å². The molecule has 0 saturated carbocycles. The molecule has 0 unspecified atom stereocenters. The zero-order chi connectivity index (χ0) is 20.9. The van der Waals surface area contributed by atoms with Crippen molar-refractivity contribution in [2.45, 2.75) is 20.5 Å². The van der Waals surface area contributed by atoms with Crippen molar-refractivity contribution >= 4 is 32.6 Å². The summed E-state index contributed by atoms with van der Waals surface area (Å²) in [6.07, 6.45) is 3.47. The Morgan fingerprint density at radius 1 is 1.10 bits per heavy atom. The molecule has 0 fully saturated rings. The largest absolute Gasteiger partial charge is 0.490 e. The standard InChI is InChI=1S/C23H21N3O3S/c1-3-28-20-12-17(7-9-19(20)29-14-16-5-4-10-24-13-16)22(27)26-23-25-18-8-6-15(2)11-21(18)30-23/h4-13H,3,14H2,1-2H3,(H,25,26,27). The Bertz CT molecular complexity index is 1180. The van der Waals surface area contributed by atoms with Gasteiger partial charge in [-0.25, -0.2) is 4.98 Å². The number of aryl methyl sites for hydroxylation is 1. The third kappa shape index (κ3) is 4.58. The maximum atomic E-state index is 12.8. The SMILES string of the molecule is CCOc1cc(C(=O)Nc2nc3ccc(C)cc3s2)ccc1OCc1cccnc1. The van der Waals surface area contributed by atoms with Crippen LogP contribution in [-0.4, -0.2) is 22.5 Å². The van der Waals surface area contributed by atoms with Crippen LogP contribution in [0.4, 0.5) is 5.13 Å². The van der Waals surface area contributed by atoms with E-state index in [1.807, 2.05) is 38.1 Å². The third-order valence-electron chi connectivity index (χ3n) is 4.39. The Kier molecular flexibility index (Phi) is 5.90. The second-order valence-electron chi connectivity index (χ2n) is 6.69. The number of nitrogens with zero attached hydrogens (tertiary/aromatic N) is 2. The lowest BCUT2D eigenvalue weighted by Gasteiger charge is -2.13. The highest BCUT2D eigenvalue weighted by Crippen LogP contribution is 2.31. The van der Waals surface area contributed by atoms with Gasteiger partial charge in [-0.2, -0.15) is 0 Å². The van der Waals surface area contributed by atoms with E-state index in [4.69, 9.17) is 9.47 Å². The van der Waals surface area contributed by atoms with Crippen LogP contribution in [0, 0.1) is 6.92 Å². The van der Waals surface area contributed by atoms with E-state index in [1.165, 1.54) is 11.3 Å². The summed E-state index contributed by atoms with van der Waals surface area (Å²) >= 11 is 1.45. The van der Waals surface area contributed by atoms with Crippen molar-refractivity contribution in [3.05, 3.63) is 77.6 Å². The molecule has 2 aromatic carbocycles. The maximum Gasteiger partial charge on any atom is 0.257 e. The summed E-state index contributed by atoms with van der Waals surface area (Å²) in [6.45, 7) is 4.75. The van der Waals surface area contributed by atoms with Gasteiger partial charge in [-0.3, -0.25) is 15.1 Å². The van der Waals surface area contributed by atoms with Crippen LogP contribution >= 0.6 is 11.3 Å². The van der Waals surface area contributed by atoms with E-state index in [2.05, 4.69) is 21.4 Å². The summed E-state index contributed by atoms with van der Waals surface area (Å²) in [5, 5.41) is 3.44. The highest BCUT2D eigenvalue weighted by Gasteiger charge is 2.14. The smallest absolute Gasteiger partial charge is 0.257 e. The fraction of sp³-hybridized carbons (Fsp3) is 0.174. The molecule has 0 aliphatic carbocycles. The van der Waals surface area contributed by atoms with Crippen molar-refractivity contribution in [3.63, 3.8) is 0 Å².